The van der Waals surface area contributed by atoms with Crippen molar-refractivity contribution in [3.05, 3.63) is 88.3 Å². The van der Waals surface area contributed by atoms with Gasteiger partial charge in [0.2, 0.25) is 5.88 Å². The molecule has 40 heavy (non-hydrogen) atoms. The summed E-state index contributed by atoms with van der Waals surface area (Å²) in [6.07, 6.45) is 4.72. The van der Waals surface area contributed by atoms with Crippen LogP contribution in [-0.2, 0) is 24.3 Å². The molecule has 1 aromatic carbocycles. The Labute approximate surface area is 231 Å². The van der Waals surface area contributed by atoms with E-state index in [2.05, 4.69) is 19.9 Å². The summed E-state index contributed by atoms with van der Waals surface area (Å²) in [6, 6.07) is 13.0. The van der Waals surface area contributed by atoms with Crippen molar-refractivity contribution in [2.24, 2.45) is 0 Å². The summed E-state index contributed by atoms with van der Waals surface area (Å²) in [6.45, 7) is 1.27. The Balaban J connectivity index is 1.18. The van der Waals surface area contributed by atoms with Gasteiger partial charge in [-0.15, -0.1) is 11.3 Å². The Morgan fingerprint density at radius 3 is 2.75 bits per heavy atom. The van der Waals surface area contributed by atoms with E-state index in [-0.39, 0.29) is 23.2 Å². The number of nitrogens with zero attached hydrogens (tertiary/aromatic N) is 6. The molecule has 4 aromatic heterocycles. The second kappa shape index (κ2) is 10.8. The minimum atomic E-state index is -0.973. The van der Waals surface area contributed by atoms with Gasteiger partial charge in [-0.25, -0.2) is 29.1 Å². The summed E-state index contributed by atoms with van der Waals surface area (Å²) in [5.41, 5.74) is 2.60. The van der Waals surface area contributed by atoms with E-state index in [1.165, 1.54) is 18.2 Å². The Kier molecular flexibility index (Phi) is 6.90. The molecule has 0 saturated carbocycles. The van der Waals surface area contributed by atoms with Crippen molar-refractivity contribution < 1.29 is 23.8 Å². The summed E-state index contributed by atoms with van der Waals surface area (Å²) in [4.78, 5) is 30.5. The number of hydrogen-bond acceptors (Lipinski definition) is 9. The van der Waals surface area contributed by atoms with Crippen molar-refractivity contribution in [1.29, 1.82) is 5.26 Å². The molecule has 12 heteroatoms. The summed E-state index contributed by atoms with van der Waals surface area (Å²) in [7, 11) is 0. The molecule has 0 amide bonds. The molecule has 5 heterocycles. The molecule has 0 bridgehead atoms. The molecule has 200 valence electrons. The maximum absolute atomic E-state index is 14.2. The Morgan fingerprint density at radius 2 is 2.05 bits per heavy atom. The number of nitriles is 1. The molecule has 1 N–H and O–H groups in total. The van der Waals surface area contributed by atoms with Crippen LogP contribution < -0.4 is 4.74 Å². The first-order valence-electron chi connectivity index (χ1n) is 12.4. The molecule has 1 fully saturated rings. The average molecular weight is 557 g/mol. The van der Waals surface area contributed by atoms with Crippen LogP contribution in [-0.4, -0.2) is 48.3 Å². The number of aromatic carboxylic acids is 1. The molecular weight excluding hydrogens is 535 g/mol. The van der Waals surface area contributed by atoms with E-state index in [1.807, 2.05) is 10.6 Å². The van der Waals surface area contributed by atoms with Gasteiger partial charge in [-0.2, -0.15) is 5.26 Å². The monoisotopic (exact) mass is 556 g/mol. The number of rotatable bonds is 9. The number of imidazole rings is 1. The van der Waals surface area contributed by atoms with Gasteiger partial charge in [0.05, 0.1) is 41.9 Å². The normalized spacial score (nSPS) is 14.6. The second-order valence-electron chi connectivity index (χ2n) is 9.16. The highest BCUT2D eigenvalue weighted by molar-refractivity contribution is 7.20. The van der Waals surface area contributed by atoms with Crippen LogP contribution in [0.1, 0.15) is 38.9 Å². The summed E-state index contributed by atoms with van der Waals surface area (Å²) >= 11 is 1.14. The lowest BCUT2D eigenvalue weighted by Gasteiger charge is -2.27. The highest BCUT2D eigenvalue weighted by Gasteiger charge is 2.24. The molecule has 1 unspecified atom stereocenters. The minimum Gasteiger partial charge on any atom is -0.477 e. The van der Waals surface area contributed by atoms with Gasteiger partial charge in [0.1, 0.15) is 33.8 Å². The molecule has 1 atom stereocenters. The third-order valence-corrected chi connectivity index (χ3v) is 7.52. The fourth-order valence-corrected chi connectivity index (χ4v) is 5.19. The Morgan fingerprint density at radius 1 is 1.23 bits per heavy atom. The van der Waals surface area contributed by atoms with Crippen molar-refractivity contribution in [2.75, 3.05) is 6.61 Å². The van der Waals surface area contributed by atoms with E-state index in [0.29, 0.717) is 46.3 Å². The number of carboxylic acids is 1. The molecule has 1 saturated heterocycles. The summed E-state index contributed by atoms with van der Waals surface area (Å²) in [5, 5.41) is 18.3. The van der Waals surface area contributed by atoms with Crippen molar-refractivity contribution in [1.82, 2.24) is 24.5 Å². The number of ether oxygens (including phenoxy) is 2. The van der Waals surface area contributed by atoms with E-state index in [9.17, 15) is 14.3 Å². The fraction of sp³-hybridized carbons (Fsp3) is 0.214. The molecule has 0 aliphatic carbocycles. The maximum atomic E-state index is 14.2. The van der Waals surface area contributed by atoms with Gasteiger partial charge < -0.3 is 19.1 Å². The topological polar surface area (TPSA) is 136 Å². The number of thiophene rings is 1. The number of carboxylic acid groups (broad SMARTS) is 1. The molecule has 0 radical (unpaired) electrons. The largest absolute Gasteiger partial charge is 0.477 e. The van der Waals surface area contributed by atoms with Gasteiger partial charge in [-0.05, 0) is 30.7 Å². The average Bonchev–Trinajstić information content (AvgIpc) is 3.49. The third kappa shape index (κ3) is 5.25. The van der Waals surface area contributed by atoms with Crippen LogP contribution >= 0.6 is 11.3 Å². The van der Waals surface area contributed by atoms with Gasteiger partial charge in [-0.3, -0.25) is 0 Å². The zero-order valence-electron chi connectivity index (χ0n) is 21.0. The van der Waals surface area contributed by atoms with Crippen LogP contribution in [0.2, 0.25) is 0 Å². The van der Waals surface area contributed by atoms with Gasteiger partial charge in [-0.1, -0.05) is 12.1 Å². The molecule has 0 spiro atoms. The van der Waals surface area contributed by atoms with Crippen LogP contribution in [0.15, 0.2) is 54.9 Å². The predicted molar refractivity (Wildman–Crippen MR) is 142 cm³/mol. The van der Waals surface area contributed by atoms with Gasteiger partial charge in [0.15, 0.2) is 0 Å². The van der Waals surface area contributed by atoms with Crippen molar-refractivity contribution >= 4 is 27.7 Å². The molecule has 6 rings (SSSR count). The number of hydrogen-bond donors (Lipinski definition) is 1. The fourth-order valence-electron chi connectivity index (χ4n) is 4.30. The second-order valence-corrected chi connectivity index (χ2v) is 10.2. The van der Waals surface area contributed by atoms with E-state index >= 15 is 0 Å². The van der Waals surface area contributed by atoms with Crippen LogP contribution in [0.4, 0.5) is 4.39 Å². The standard InChI is InChI=1S/C28H21FN6O4S/c29-20-8-16(11-30)4-5-17(20)15-39-26-3-1-2-21(33-26)18-12-31-24(32-13-18)10-25-34-27-22(9-23(40-27)28(36)37)35(25)14-19-6-7-38-19/h1-5,8-9,12-13,19H,6-7,10,14-15H2,(H,36,37). The van der Waals surface area contributed by atoms with Crippen LogP contribution in [0.5, 0.6) is 5.88 Å². The van der Waals surface area contributed by atoms with Gasteiger partial charge in [0, 0.05) is 36.2 Å². The number of halogens is 1. The summed E-state index contributed by atoms with van der Waals surface area (Å²) in [5.74, 6) is 0.123. The third-order valence-electron chi connectivity index (χ3n) is 6.52. The number of carbonyl (C=O) groups is 1. The zero-order valence-corrected chi connectivity index (χ0v) is 21.8. The lowest BCUT2D eigenvalue weighted by Crippen LogP contribution is -2.31. The molecule has 1 aliphatic rings. The first kappa shape index (κ1) is 25.5. The maximum Gasteiger partial charge on any atom is 0.346 e. The lowest BCUT2D eigenvalue weighted by atomic mass is 10.1. The molecular formula is C28H21FN6O4S. The molecule has 10 nitrogen and oxygen atoms in total. The predicted octanol–water partition coefficient (Wildman–Crippen LogP) is 4.62. The smallest absolute Gasteiger partial charge is 0.346 e. The number of benzene rings is 1. The number of pyridine rings is 1. The van der Waals surface area contributed by atoms with Crippen molar-refractivity contribution in [2.45, 2.75) is 32.1 Å². The van der Waals surface area contributed by atoms with Gasteiger partial charge in [0.25, 0.3) is 0 Å². The Hall–Kier alpha value is -4.73. The number of aromatic nitrogens is 5. The lowest BCUT2D eigenvalue weighted by molar-refractivity contribution is -0.0589. The molecule has 1 aliphatic heterocycles. The van der Waals surface area contributed by atoms with E-state index in [0.717, 1.165) is 35.7 Å². The van der Waals surface area contributed by atoms with E-state index in [1.54, 1.807) is 36.7 Å². The highest BCUT2D eigenvalue weighted by atomic mass is 32.1. The van der Waals surface area contributed by atoms with Crippen LogP contribution in [0.3, 0.4) is 0 Å². The highest BCUT2D eigenvalue weighted by Crippen LogP contribution is 2.29. The quantitative estimate of drug-likeness (QED) is 0.276. The SMILES string of the molecule is N#Cc1ccc(COc2cccc(-c3cnc(Cc4nc5sc(C(=O)O)cc5n4CC4CCO4)nc3)n2)c(F)c1. The van der Waals surface area contributed by atoms with Gasteiger partial charge >= 0.3 is 5.97 Å². The summed E-state index contributed by atoms with van der Waals surface area (Å²) < 4.78 is 27.5. The van der Waals surface area contributed by atoms with Crippen molar-refractivity contribution in [3.8, 4) is 23.2 Å². The Bertz CT molecular complexity index is 1760. The first-order chi connectivity index (χ1) is 19.5. The minimum absolute atomic E-state index is 0.0343. The van der Waals surface area contributed by atoms with Crippen molar-refractivity contribution in [3.63, 3.8) is 0 Å². The molecule has 5 aromatic rings. The van der Waals surface area contributed by atoms with Crippen LogP contribution in [0, 0.1) is 17.1 Å². The zero-order chi connectivity index (χ0) is 27.6. The first-order valence-corrected chi connectivity index (χ1v) is 13.2. The van der Waals surface area contributed by atoms with Crippen LogP contribution in [0.25, 0.3) is 21.6 Å². The number of fused-ring (bicyclic) bond motifs is 1. The van der Waals surface area contributed by atoms with E-state index in [4.69, 9.17) is 14.7 Å². The van der Waals surface area contributed by atoms with E-state index < -0.39 is 11.8 Å².